The van der Waals surface area contributed by atoms with Gasteiger partial charge < -0.3 is 0 Å². The number of benzene rings is 2. The van der Waals surface area contributed by atoms with Crippen molar-refractivity contribution in [3.63, 3.8) is 0 Å². The number of rotatable bonds is 3. The van der Waals surface area contributed by atoms with Gasteiger partial charge in [-0.2, -0.15) is 10.2 Å². The molecule has 0 bridgehead atoms. The van der Waals surface area contributed by atoms with Crippen LogP contribution in [0.1, 0.15) is 16.1 Å². The molecule has 114 valence electrons. The lowest BCUT2D eigenvalue weighted by molar-refractivity contribution is 0.0950. The van der Waals surface area contributed by atoms with Crippen molar-refractivity contribution in [2.75, 3.05) is 0 Å². The molecule has 0 atom stereocenters. The first kappa shape index (κ1) is 14.6. The van der Waals surface area contributed by atoms with E-state index in [0.29, 0.717) is 10.8 Å². The van der Waals surface area contributed by atoms with Crippen LogP contribution >= 0.6 is 0 Å². The van der Waals surface area contributed by atoms with E-state index in [4.69, 9.17) is 0 Å². The zero-order valence-electron chi connectivity index (χ0n) is 12.4. The van der Waals surface area contributed by atoms with Gasteiger partial charge in [0.25, 0.3) is 11.5 Å². The van der Waals surface area contributed by atoms with Gasteiger partial charge in [0.15, 0.2) is 5.69 Å². The third kappa shape index (κ3) is 3.01. The van der Waals surface area contributed by atoms with E-state index in [1.54, 1.807) is 30.5 Å². The van der Waals surface area contributed by atoms with Gasteiger partial charge in [-0.15, -0.1) is 0 Å². The van der Waals surface area contributed by atoms with Crippen LogP contribution in [0.3, 0.4) is 0 Å². The largest absolute Gasteiger partial charge is 0.292 e. The second kappa shape index (κ2) is 6.23. The molecule has 0 aliphatic rings. The van der Waals surface area contributed by atoms with Crippen LogP contribution in [0.5, 0.6) is 0 Å². The molecule has 0 aliphatic heterocycles. The summed E-state index contributed by atoms with van der Waals surface area (Å²) in [4.78, 5) is 24.4. The minimum Gasteiger partial charge on any atom is -0.267 e. The molecule has 0 aliphatic carbocycles. The molecule has 1 N–H and O–H groups in total. The molecule has 23 heavy (non-hydrogen) atoms. The molecule has 0 saturated carbocycles. The lowest BCUT2D eigenvalue weighted by Gasteiger charge is -2.06. The zero-order valence-corrected chi connectivity index (χ0v) is 12.4. The van der Waals surface area contributed by atoms with Gasteiger partial charge in [0.2, 0.25) is 0 Å². The number of nitrogens with one attached hydrogen (secondary N) is 1. The molecule has 0 spiro atoms. The van der Waals surface area contributed by atoms with E-state index in [1.165, 1.54) is 7.05 Å². The summed E-state index contributed by atoms with van der Waals surface area (Å²) in [6.07, 6.45) is 1.54. The number of fused-ring (bicyclic) bond motifs is 1. The Labute approximate surface area is 132 Å². The third-order valence-electron chi connectivity index (χ3n) is 3.35. The van der Waals surface area contributed by atoms with Crippen LogP contribution in [0, 0.1) is 0 Å². The Bertz CT molecular complexity index is 946. The van der Waals surface area contributed by atoms with Gasteiger partial charge in [0.05, 0.1) is 11.6 Å². The summed E-state index contributed by atoms with van der Waals surface area (Å²) in [7, 11) is 1.51. The average Bonchev–Trinajstić information content (AvgIpc) is 2.59. The summed E-state index contributed by atoms with van der Waals surface area (Å²) in [5.41, 5.74) is 3.22. The van der Waals surface area contributed by atoms with Crippen LogP contribution in [-0.2, 0) is 7.05 Å². The molecule has 1 aromatic heterocycles. The van der Waals surface area contributed by atoms with Crippen molar-refractivity contribution in [3.8, 4) is 0 Å². The Balaban J connectivity index is 1.91. The van der Waals surface area contributed by atoms with Gasteiger partial charge in [-0.1, -0.05) is 48.5 Å². The predicted molar refractivity (Wildman–Crippen MR) is 88.5 cm³/mol. The molecule has 2 aromatic carbocycles. The second-order valence-electron chi connectivity index (χ2n) is 4.93. The van der Waals surface area contributed by atoms with Crippen LogP contribution in [0.15, 0.2) is 64.5 Å². The maximum Gasteiger partial charge on any atom is 0.292 e. The smallest absolute Gasteiger partial charge is 0.267 e. The maximum absolute atomic E-state index is 12.3. The van der Waals surface area contributed by atoms with Crippen molar-refractivity contribution in [2.24, 2.45) is 12.1 Å². The van der Waals surface area contributed by atoms with Crippen molar-refractivity contribution < 1.29 is 4.79 Å². The van der Waals surface area contributed by atoms with E-state index in [0.717, 1.165) is 10.2 Å². The van der Waals surface area contributed by atoms with Gasteiger partial charge in [-0.3, -0.25) is 9.59 Å². The number of carbonyl (C=O) groups excluding carboxylic acids is 1. The molecule has 3 aromatic rings. The molecular formula is C17H14N4O2. The number of carbonyl (C=O) groups is 1. The van der Waals surface area contributed by atoms with Crippen molar-refractivity contribution in [1.29, 1.82) is 0 Å². The van der Waals surface area contributed by atoms with Crippen molar-refractivity contribution in [1.82, 2.24) is 15.2 Å². The topological polar surface area (TPSA) is 76.3 Å². The number of aryl methyl sites for hydroxylation is 1. The third-order valence-corrected chi connectivity index (χ3v) is 3.35. The maximum atomic E-state index is 12.3. The average molecular weight is 306 g/mol. The van der Waals surface area contributed by atoms with Crippen molar-refractivity contribution >= 4 is 22.9 Å². The SMILES string of the molecule is Cn1nc(C(=O)N/N=C/c2ccccc2)c2ccccc2c1=O. The monoisotopic (exact) mass is 306 g/mol. The van der Waals surface area contributed by atoms with E-state index in [2.05, 4.69) is 15.6 Å². The number of hydrogen-bond donors (Lipinski definition) is 1. The molecule has 0 fully saturated rings. The highest BCUT2D eigenvalue weighted by Crippen LogP contribution is 2.12. The summed E-state index contributed by atoms with van der Waals surface area (Å²) in [5, 5.41) is 8.92. The summed E-state index contributed by atoms with van der Waals surface area (Å²) in [5.74, 6) is -0.469. The van der Waals surface area contributed by atoms with Gasteiger partial charge in [0, 0.05) is 12.4 Å². The molecule has 1 heterocycles. The number of aromatic nitrogens is 2. The van der Waals surface area contributed by atoms with E-state index in [-0.39, 0.29) is 11.3 Å². The van der Waals surface area contributed by atoms with Gasteiger partial charge >= 0.3 is 0 Å². The lowest BCUT2D eigenvalue weighted by atomic mass is 10.1. The molecular weight excluding hydrogens is 292 g/mol. The Morgan fingerprint density at radius 3 is 2.48 bits per heavy atom. The first-order valence-electron chi connectivity index (χ1n) is 7.01. The standard InChI is InChI=1S/C17H14N4O2/c1-21-17(23)14-10-6-5-9-13(14)15(20-21)16(22)19-18-11-12-7-3-2-4-8-12/h2-11H,1H3,(H,19,22)/b18-11+. The Morgan fingerprint density at radius 1 is 1.09 bits per heavy atom. The second-order valence-corrected chi connectivity index (χ2v) is 4.93. The Hall–Kier alpha value is -3.28. The van der Waals surface area contributed by atoms with Crippen LogP contribution in [0.25, 0.3) is 10.8 Å². The van der Waals surface area contributed by atoms with Crippen LogP contribution in [0.4, 0.5) is 0 Å². The van der Waals surface area contributed by atoms with E-state index < -0.39 is 5.91 Å². The van der Waals surface area contributed by atoms with Crippen molar-refractivity contribution in [2.45, 2.75) is 0 Å². The Morgan fingerprint density at radius 2 is 1.74 bits per heavy atom. The molecule has 0 radical (unpaired) electrons. The van der Waals surface area contributed by atoms with E-state index >= 15 is 0 Å². The molecule has 3 rings (SSSR count). The number of hydrogen-bond acceptors (Lipinski definition) is 4. The first-order valence-corrected chi connectivity index (χ1v) is 7.01. The predicted octanol–water partition coefficient (Wildman–Crippen LogP) is 1.70. The fourth-order valence-corrected chi connectivity index (χ4v) is 2.22. The summed E-state index contributed by atoms with van der Waals surface area (Å²) in [6.45, 7) is 0. The van der Waals surface area contributed by atoms with Crippen LogP contribution < -0.4 is 11.0 Å². The van der Waals surface area contributed by atoms with Gasteiger partial charge in [-0.25, -0.2) is 10.1 Å². The molecule has 1 amide bonds. The zero-order chi connectivity index (χ0) is 16.2. The summed E-state index contributed by atoms with van der Waals surface area (Å²) in [6, 6.07) is 16.3. The molecule has 0 saturated heterocycles. The first-order chi connectivity index (χ1) is 11.2. The van der Waals surface area contributed by atoms with Crippen molar-refractivity contribution in [3.05, 3.63) is 76.2 Å². The normalized spacial score (nSPS) is 11.0. The fraction of sp³-hybridized carbons (Fsp3) is 0.0588. The van der Waals surface area contributed by atoms with E-state index in [1.807, 2.05) is 30.3 Å². The minimum atomic E-state index is -0.469. The quantitative estimate of drug-likeness (QED) is 0.591. The summed E-state index contributed by atoms with van der Waals surface area (Å²) >= 11 is 0. The number of nitrogens with zero attached hydrogens (tertiary/aromatic N) is 3. The molecule has 6 heteroatoms. The number of amides is 1. The highest BCUT2D eigenvalue weighted by molar-refractivity contribution is 6.04. The van der Waals surface area contributed by atoms with Gasteiger partial charge in [0.1, 0.15) is 0 Å². The van der Waals surface area contributed by atoms with E-state index in [9.17, 15) is 9.59 Å². The highest BCUT2D eigenvalue weighted by atomic mass is 16.2. The Kier molecular flexibility index (Phi) is 3.97. The van der Waals surface area contributed by atoms with Gasteiger partial charge in [-0.05, 0) is 11.6 Å². The minimum absolute atomic E-state index is 0.160. The van der Waals surface area contributed by atoms with Crippen LogP contribution in [-0.4, -0.2) is 21.9 Å². The number of hydrazone groups is 1. The lowest BCUT2D eigenvalue weighted by Crippen LogP contribution is -2.27. The molecule has 0 unspecified atom stereocenters. The highest BCUT2D eigenvalue weighted by Gasteiger charge is 2.14. The van der Waals surface area contributed by atoms with Crippen LogP contribution in [0.2, 0.25) is 0 Å². The fourth-order valence-electron chi connectivity index (χ4n) is 2.22. The molecule has 6 nitrogen and oxygen atoms in total. The summed E-state index contributed by atoms with van der Waals surface area (Å²) < 4.78 is 1.15.